The van der Waals surface area contributed by atoms with Gasteiger partial charge in [0.15, 0.2) is 11.5 Å². The predicted molar refractivity (Wildman–Crippen MR) is 91.9 cm³/mol. The first-order valence-electron chi connectivity index (χ1n) is 7.32. The highest BCUT2D eigenvalue weighted by Gasteiger charge is 2.15. The van der Waals surface area contributed by atoms with Gasteiger partial charge in [0, 0.05) is 12.6 Å². The molecule has 1 amide bonds. The highest BCUT2D eigenvalue weighted by molar-refractivity contribution is 6.33. The zero-order valence-electron chi connectivity index (χ0n) is 13.1. The van der Waals surface area contributed by atoms with E-state index in [9.17, 15) is 9.18 Å². The molecule has 124 valence electrons. The molecular weight excluding hydrogens is 333 g/mol. The third-order valence-electron chi connectivity index (χ3n) is 3.46. The van der Waals surface area contributed by atoms with E-state index in [1.807, 2.05) is 6.07 Å². The van der Waals surface area contributed by atoms with Crippen LogP contribution in [-0.4, -0.2) is 16.9 Å². The number of nitrogens with zero attached hydrogens (tertiary/aromatic N) is 1. The lowest BCUT2D eigenvalue weighted by atomic mass is 10.2. The summed E-state index contributed by atoms with van der Waals surface area (Å²) in [5.74, 6) is -0.167. The standard InChI is InChI=1S/C17H15ClFN3O2/c1-9(17(23)22-14-5-3-11(19)7-13(14)18)20-12-4-6-16-15(8-12)21-10(2)24-16/h3-9,20H,1-2H3,(H,22,23). The second kappa shape index (κ2) is 6.49. The number of anilines is 2. The quantitative estimate of drug-likeness (QED) is 0.735. The van der Waals surface area contributed by atoms with E-state index >= 15 is 0 Å². The van der Waals surface area contributed by atoms with Crippen LogP contribution in [0.4, 0.5) is 15.8 Å². The molecule has 0 spiro atoms. The largest absolute Gasteiger partial charge is 0.441 e. The SMILES string of the molecule is Cc1nc2cc(NC(C)C(=O)Nc3ccc(F)cc3Cl)ccc2o1. The lowest BCUT2D eigenvalue weighted by Crippen LogP contribution is -2.31. The third kappa shape index (κ3) is 3.49. The van der Waals surface area contributed by atoms with Crippen molar-refractivity contribution in [2.75, 3.05) is 10.6 Å². The van der Waals surface area contributed by atoms with Crippen LogP contribution in [0.25, 0.3) is 11.1 Å². The van der Waals surface area contributed by atoms with Crippen molar-refractivity contribution in [2.45, 2.75) is 19.9 Å². The smallest absolute Gasteiger partial charge is 0.246 e. The first-order valence-corrected chi connectivity index (χ1v) is 7.70. The van der Waals surface area contributed by atoms with Crippen molar-refractivity contribution >= 4 is 40.0 Å². The van der Waals surface area contributed by atoms with Crippen LogP contribution in [-0.2, 0) is 4.79 Å². The van der Waals surface area contributed by atoms with Gasteiger partial charge in [0.25, 0.3) is 0 Å². The number of aryl methyl sites for hydroxylation is 1. The summed E-state index contributed by atoms with van der Waals surface area (Å²) in [5, 5.41) is 5.90. The van der Waals surface area contributed by atoms with Gasteiger partial charge in [-0.05, 0) is 43.3 Å². The molecule has 1 unspecified atom stereocenters. The van der Waals surface area contributed by atoms with Gasteiger partial charge in [0.2, 0.25) is 5.91 Å². The molecule has 0 saturated heterocycles. The fourth-order valence-electron chi connectivity index (χ4n) is 2.28. The van der Waals surface area contributed by atoms with E-state index in [1.54, 1.807) is 26.0 Å². The molecule has 1 heterocycles. The molecular formula is C17H15ClFN3O2. The molecule has 5 nitrogen and oxygen atoms in total. The number of fused-ring (bicyclic) bond motifs is 1. The summed E-state index contributed by atoms with van der Waals surface area (Å²) in [6.07, 6.45) is 0. The number of oxazole rings is 1. The highest BCUT2D eigenvalue weighted by Crippen LogP contribution is 2.23. The summed E-state index contributed by atoms with van der Waals surface area (Å²) < 4.78 is 18.5. The van der Waals surface area contributed by atoms with Crippen LogP contribution in [0.1, 0.15) is 12.8 Å². The Hall–Kier alpha value is -2.60. The maximum atomic E-state index is 13.0. The Morgan fingerprint density at radius 3 is 2.83 bits per heavy atom. The first kappa shape index (κ1) is 16.3. The van der Waals surface area contributed by atoms with Crippen molar-refractivity contribution in [2.24, 2.45) is 0 Å². The molecule has 0 aliphatic rings. The predicted octanol–water partition coefficient (Wildman–Crippen LogP) is 4.37. The van der Waals surface area contributed by atoms with Gasteiger partial charge in [-0.25, -0.2) is 9.37 Å². The van der Waals surface area contributed by atoms with E-state index < -0.39 is 11.9 Å². The van der Waals surface area contributed by atoms with Crippen LogP contribution < -0.4 is 10.6 Å². The molecule has 2 aromatic carbocycles. The van der Waals surface area contributed by atoms with Crippen LogP contribution in [0.5, 0.6) is 0 Å². The van der Waals surface area contributed by atoms with Crippen molar-refractivity contribution in [3.8, 4) is 0 Å². The third-order valence-corrected chi connectivity index (χ3v) is 3.77. The van der Waals surface area contributed by atoms with E-state index in [1.165, 1.54) is 12.1 Å². The Morgan fingerprint density at radius 1 is 1.29 bits per heavy atom. The summed E-state index contributed by atoms with van der Waals surface area (Å²) in [6.45, 7) is 3.49. The van der Waals surface area contributed by atoms with Crippen molar-refractivity contribution in [1.82, 2.24) is 4.98 Å². The number of hydrogen-bond donors (Lipinski definition) is 2. The normalized spacial score (nSPS) is 12.2. The Labute approximate surface area is 142 Å². The van der Waals surface area contributed by atoms with Crippen molar-refractivity contribution in [1.29, 1.82) is 0 Å². The lowest BCUT2D eigenvalue weighted by Gasteiger charge is -2.16. The second-order valence-corrected chi connectivity index (χ2v) is 5.80. The number of halogens is 2. The van der Waals surface area contributed by atoms with Gasteiger partial charge < -0.3 is 15.1 Å². The summed E-state index contributed by atoms with van der Waals surface area (Å²) in [6, 6.07) is 8.68. The van der Waals surface area contributed by atoms with Crippen molar-refractivity contribution < 1.29 is 13.6 Å². The number of amides is 1. The molecule has 0 aliphatic heterocycles. The van der Waals surface area contributed by atoms with E-state index in [0.717, 1.165) is 11.8 Å². The Balaban J connectivity index is 1.70. The summed E-state index contributed by atoms with van der Waals surface area (Å²) in [7, 11) is 0. The molecule has 0 radical (unpaired) electrons. The van der Waals surface area contributed by atoms with E-state index in [-0.39, 0.29) is 10.9 Å². The molecule has 0 saturated carbocycles. The van der Waals surface area contributed by atoms with Gasteiger partial charge in [-0.3, -0.25) is 4.79 Å². The number of rotatable bonds is 4. The monoisotopic (exact) mass is 347 g/mol. The van der Waals surface area contributed by atoms with Crippen LogP contribution in [0.15, 0.2) is 40.8 Å². The van der Waals surface area contributed by atoms with Gasteiger partial charge in [-0.1, -0.05) is 11.6 Å². The average Bonchev–Trinajstić information content (AvgIpc) is 2.89. The van der Waals surface area contributed by atoms with Crippen LogP contribution >= 0.6 is 11.6 Å². The molecule has 0 bridgehead atoms. The zero-order chi connectivity index (χ0) is 17.3. The fourth-order valence-corrected chi connectivity index (χ4v) is 2.49. The highest BCUT2D eigenvalue weighted by atomic mass is 35.5. The Kier molecular flexibility index (Phi) is 4.40. The molecule has 1 atom stereocenters. The van der Waals surface area contributed by atoms with Gasteiger partial charge in [0.1, 0.15) is 17.4 Å². The van der Waals surface area contributed by atoms with Crippen molar-refractivity contribution in [3.05, 3.63) is 53.1 Å². The topological polar surface area (TPSA) is 67.2 Å². The average molecular weight is 348 g/mol. The van der Waals surface area contributed by atoms with Gasteiger partial charge >= 0.3 is 0 Å². The van der Waals surface area contributed by atoms with Gasteiger partial charge in [-0.2, -0.15) is 0 Å². The molecule has 2 N–H and O–H groups in total. The summed E-state index contributed by atoms with van der Waals surface area (Å²) in [4.78, 5) is 16.5. The number of hydrogen-bond acceptors (Lipinski definition) is 4. The van der Waals surface area contributed by atoms with Gasteiger partial charge in [0.05, 0.1) is 10.7 Å². The lowest BCUT2D eigenvalue weighted by molar-refractivity contribution is -0.116. The zero-order valence-corrected chi connectivity index (χ0v) is 13.8. The number of benzene rings is 2. The maximum Gasteiger partial charge on any atom is 0.246 e. The van der Waals surface area contributed by atoms with Gasteiger partial charge in [-0.15, -0.1) is 0 Å². The first-order chi connectivity index (χ1) is 11.4. The minimum atomic E-state index is -0.531. The van der Waals surface area contributed by atoms with Crippen LogP contribution in [0.3, 0.4) is 0 Å². The summed E-state index contributed by atoms with van der Waals surface area (Å²) >= 11 is 5.91. The Morgan fingerprint density at radius 2 is 2.08 bits per heavy atom. The van der Waals surface area contributed by atoms with Crippen molar-refractivity contribution in [3.63, 3.8) is 0 Å². The van der Waals surface area contributed by atoms with Crippen LogP contribution in [0.2, 0.25) is 5.02 Å². The fraction of sp³-hybridized carbons (Fsp3) is 0.176. The van der Waals surface area contributed by atoms with E-state index in [0.29, 0.717) is 22.7 Å². The summed E-state index contributed by atoms with van der Waals surface area (Å²) in [5.41, 5.74) is 2.50. The molecule has 3 rings (SSSR count). The number of nitrogens with one attached hydrogen (secondary N) is 2. The number of aromatic nitrogens is 1. The van der Waals surface area contributed by atoms with E-state index in [2.05, 4.69) is 15.6 Å². The van der Waals surface area contributed by atoms with Crippen LogP contribution in [0, 0.1) is 12.7 Å². The van der Waals surface area contributed by atoms with E-state index in [4.69, 9.17) is 16.0 Å². The number of carbonyl (C=O) groups is 1. The minimum absolute atomic E-state index is 0.148. The second-order valence-electron chi connectivity index (χ2n) is 5.39. The minimum Gasteiger partial charge on any atom is -0.441 e. The number of carbonyl (C=O) groups excluding carboxylic acids is 1. The Bertz CT molecular complexity index is 910. The molecule has 3 aromatic rings. The molecule has 1 aromatic heterocycles. The molecule has 0 fully saturated rings. The molecule has 7 heteroatoms. The maximum absolute atomic E-state index is 13.0. The molecule has 0 aliphatic carbocycles. The molecule has 24 heavy (non-hydrogen) atoms.